The minimum atomic E-state index is -1.30. The van der Waals surface area contributed by atoms with Gasteiger partial charge in [0.2, 0.25) is 0 Å². The predicted octanol–water partition coefficient (Wildman–Crippen LogP) is 3.93. The molecule has 2 amide bonds. The van der Waals surface area contributed by atoms with Crippen LogP contribution in [0.5, 0.6) is 11.5 Å². The third-order valence-electron chi connectivity index (χ3n) is 5.30. The van der Waals surface area contributed by atoms with Crippen LogP contribution in [0.4, 0.5) is 10.5 Å². The number of fused-ring (bicyclic) bond motifs is 2. The molecule has 1 N–H and O–H groups in total. The van der Waals surface area contributed by atoms with E-state index in [0.29, 0.717) is 24.5 Å². The fourth-order valence-electron chi connectivity index (χ4n) is 3.78. The van der Waals surface area contributed by atoms with Crippen LogP contribution in [-0.4, -0.2) is 72.1 Å². The van der Waals surface area contributed by atoms with E-state index < -0.39 is 18.4 Å². The van der Waals surface area contributed by atoms with Gasteiger partial charge in [-0.15, -0.1) is 0 Å². The first kappa shape index (κ1) is 24.6. The van der Waals surface area contributed by atoms with E-state index in [1.165, 1.54) is 26.4 Å². The van der Waals surface area contributed by atoms with Gasteiger partial charge in [-0.1, -0.05) is 40.7 Å². The van der Waals surface area contributed by atoms with E-state index in [4.69, 9.17) is 14.2 Å². The first-order valence-electron chi connectivity index (χ1n) is 10.3. The zero-order valence-corrected chi connectivity index (χ0v) is 20.7. The Bertz CT molecular complexity index is 907. The van der Waals surface area contributed by atoms with Crippen molar-refractivity contribution in [1.29, 1.82) is 0 Å². The average Bonchev–Trinajstić information content (AvgIpc) is 3.14. The zero-order chi connectivity index (χ0) is 23.6. The summed E-state index contributed by atoms with van der Waals surface area (Å²) >= 11 is 0. The average molecular weight is 483 g/mol. The fraction of sp³-hybridized carbons (Fsp3) is 0.545. The highest BCUT2D eigenvalue weighted by atomic mass is 33.1. The number of nitrogens with zero attached hydrogens (tertiary/aromatic N) is 2. The van der Waals surface area contributed by atoms with Crippen LogP contribution in [0.15, 0.2) is 24.3 Å². The van der Waals surface area contributed by atoms with Gasteiger partial charge in [-0.3, -0.25) is 4.79 Å². The molecule has 1 aromatic rings. The van der Waals surface area contributed by atoms with Crippen molar-refractivity contribution in [3.8, 4) is 11.5 Å². The maximum Gasteiger partial charge on any atom is 0.416 e. The highest BCUT2D eigenvalue weighted by molar-refractivity contribution is 8.77. The topological polar surface area (TPSA) is 88.5 Å². The van der Waals surface area contributed by atoms with Crippen LogP contribution in [0.25, 0.3) is 0 Å². The Morgan fingerprint density at radius 2 is 1.94 bits per heavy atom. The second-order valence-electron chi connectivity index (χ2n) is 8.27. The Balaban J connectivity index is 2.02. The quantitative estimate of drug-likeness (QED) is 0.462. The lowest BCUT2D eigenvalue weighted by molar-refractivity contribution is 0.0486. The summed E-state index contributed by atoms with van der Waals surface area (Å²) in [6.07, 6.45) is -1.63. The summed E-state index contributed by atoms with van der Waals surface area (Å²) in [5.41, 5.74) is 1.26. The summed E-state index contributed by atoms with van der Waals surface area (Å²) < 4.78 is 16.1. The number of anilines is 1. The monoisotopic (exact) mass is 482 g/mol. The van der Waals surface area contributed by atoms with E-state index in [0.717, 1.165) is 16.2 Å². The molecule has 1 aromatic carbocycles. The zero-order valence-electron chi connectivity index (χ0n) is 19.0. The molecule has 1 saturated heterocycles. The molecule has 3 rings (SSSR count). The van der Waals surface area contributed by atoms with E-state index in [2.05, 4.69) is 13.5 Å². The number of aliphatic hydroxyl groups excluding tert-OH is 1. The van der Waals surface area contributed by atoms with Crippen LogP contribution >= 0.6 is 21.6 Å². The van der Waals surface area contributed by atoms with Crippen molar-refractivity contribution in [2.75, 3.05) is 38.0 Å². The normalized spacial score (nSPS) is 20.6. The Morgan fingerprint density at radius 3 is 2.56 bits per heavy atom. The van der Waals surface area contributed by atoms with E-state index in [1.54, 1.807) is 26.5 Å². The van der Waals surface area contributed by atoms with Crippen molar-refractivity contribution in [3.05, 3.63) is 29.8 Å². The Labute approximate surface area is 196 Å². The van der Waals surface area contributed by atoms with Gasteiger partial charge in [0.15, 0.2) is 17.7 Å². The van der Waals surface area contributed by atoms with Crippen molar-refractivity contribution < 1.29 is 28.9 Å². The van der Waals surface area contributed by atoms with Gasteiger partial charge in [-0.25, -0.2) is 9.69 Å². The van der Waals surface area contributed by atoms with Crippen molar-refractivity contribution >= 4 is 39.3 Å². The lowest BCUT2D eigenvalue weighted by Crippen LogP contribution is -2.51. The summed E-state index contributed by atoms with van der Waals surface area (Å²) in [5.74, 6) is 1.32. The number of ether oxygens (including phenoxy) is 3. The van der Waals surface area contributed by atoms with Gasteiger partial charge in [0.05, 0.1) is 36.3 Å². The van der Waals surface area contributed by atoms with Gasteiger partial charge in [0, 0.05) is 18.4 Å². The molecule has 1 unspecified atom stereocenters. The second kappa shape index (κ2) is 9.84. The van der Waals surface area contributed by atoms with Gasteiger partial charge in [-0.05, 0) is 26.3 Å². The number of carbonyl (C=O) groups excluding carboxylic acids is 2. The van der Waals surface area contributed by atoms with Crippen LogP contribution in [-0.2, 0) is 4.74 Å². The molecule has 0 saturated carbocycles. The number of hydrogen-bond acceptors (Lipinski definition) is 8. The van der Waals surface area contributed by atoms with Crippen molar-refractivity contribution in [3.63, 3.8) is 0 Å². The van der Waals surface area contributed by atoms with E-state index in [1.807, 2.05) is 13.8 Å². The SMILES string of the molecule is C=C1C[C@H]2C(O)N(C(=O)OCC(C)(C)SSCC)c3cc(OC)c(OC)cc3C(=O)N2C1. The molecule has 2 aliphatic rings. The number of benzene rings is 1. The van der Waals surface area contributed by atoms with Crippen LogP contribution in [0, 0.1) is 0 Å². The highest BCUT2D eigenvalue weighted by Gasteiger charge is 2.46. The Kier molecular flexibility index (Phi) is 7.57. The molecule has 2 heterocycles. The predicted molar refractivity (Wildman–Crippen MR) is 128 cm³/mol. The standard InChI is InChI=1S/C22H30N2O6S2/c1-7-31-32-22(3,4)12-30-21(27)24-15-10-18(29-6)17(28-5)9-14(15)19(25)23-11-13(2)8-16(23)20(24)26/h9-10,16,20,26H,2,7-8,11-12H2,1,3-6H3/t16-,20?/m0/s1. The molecular weight excluding hydrogens is 452 g/mol. The molecule has 0 radical (unpaired) electrons. The first-order chi connectivity index (χ1) is 15.1. The molecule has 10 heteroatoms. The number of methoxy groups -OCH3 is 2. The molecule has 0 aromatic heterocycles. The summed E-state index contributed by atoms with van der Waals surface area (Å²) in [6, 6.07) is 2.44. The van der Waals surface area contributed by atoms with Crippen LogP contribution in [0.2, 0.25) is 0 Å². The van der Waals surface area contributed by atoms with Gasteiger partial charge in [0.1, 0.15) is 6.61 Å². The molecular formula is C22H30N2O6S2. The van der Waals surface area contributed by atoms with E-state index in [9.17, 15) is 14.7 Å². The maximum absolute atomic E-state index is 13.4. The minimum Gasteiger partial charge on any atom is -0.493 e. The molecule has 0 bridgehead atoms. The molecule has 2 aliphatic heterocycles. The lowest BCUT2D eigenvalue weighted by Gasteiger charge is -2.32. The molecule has 0 aliphatic carbocycles. The maximum atomic E-state index is 13.4. The third-order valence-corrected chi connectivity index (χ3v) is 8.63. The molecule has 1 fully saturated rings. The summed E-state index contributed by atoms with van der Waals surface area (Å²) in [5, 5.41) is 11.2. The van der Waals surface area contributed by atoms with Crippen LogP contribution < -0.4 is 14.4 Å². The number of aliphatic hydroxyl groups is 1. The molecule has 0 spiro atoms. The van der Waals surface area contributed by atoms with Gasteiger partial charge < -0.3 is 24.2 Å². The lowest BCUT2D eigenvalue weighted by atomic mass is 10.1. The third kappa shape index (κ3) is 4.82. The summed E-state index contributed by atoms with van der Waals surface area (Å²) in [7, 11) is 6.26. The number of hydrogen-bond donors (Lipinski definition) is 1. The van der Waals surface area contributed by atoms with Crippen molar-refractivity contribution in [2.24, 2.45) is 0 Å². The van der Waals surface area contributed by atoms with Gasteiger partial charge in [0.25, 0.3) is 5.91 Å². The van der Waals surface area contributed by atoms with Gasteiger partial charge in [-0.2, -0.15) is 0 Å². The van der Waals surface area contributed by atoms with Crippen molar-refractivity contribution in [2.45, 2.75) is 44.2 Å². The van der Waals surface area contributed by atoms with E-state index >= 15 is 0 Å². The van der Waals surface area contributed by atoms with Crippen LogP contribution in [0.3, 0.4) is 0 Å². The first-order valence-corrected chi connectivity index (χ1v) is 12.6. The molecule has 2 atom stereocenters. The Morgan fingerprint density at radius 1 is 1.28 bits per heavy atom. The smallest absolute Gasteiger partial charge is 0.416 e. The molecule has 176 valence electrons. The highest BCUT2D eigenvalue weighted by Crippen LogP contribution is 2.42. The summed E-state index contributed by atoms with van der Waals surface area (Å²) in [4.78, 5) is 29.3. The largest absolute Gasteiger partial charge is 0.493 e. The second-order valence-corrected chi connectivity index (χ2v) is 11.6. The van der Waals surface area contributed by atoms with Crippen molar-refractivity contribution in [1.82, 2.24) is 4.90 Å². The number of carbonyl (C=O) groups is 2. The number of amides is 2. The van der Waals surface area contributed by atoms with E-state index in [-0.39, 0.29) is 28.5 Å². The fourth-order valence-corrected chi connectivity index (χ4v) is 5.78. The van der Waals surface area contributed by atoms with Crippen LogP contribution in [0.1, 0.15) is 37.6 Å². The Hall–Kier alpha value is -2.04. The molecule has 8 nitrogen and oxygen atoms in total. The summed E-state index contributed by atoms with van der Waals surface area (Å²) in [6.45, 7) is 10.5. The number of rotatable bonds is 7. The minimum absolute atomic E-state index is 0.143. The molecule has 32 heavy (non-hydrogen) atoms. The van der Waals surface area contributed by atoms with Gasteiger partial charge >= 0.3 is 6.09 Å².